The third kappa shape index (κ3) is 4.65. The molecule has 0 atom stereocenters. The molecule has 3 heteroatoms. The molecule has 0 N–H and O–H groups in total. The molecule has 3 nitrogen and oxygen atoms in total. The summed E-state index contributed by atoms with van der Waals surface area (Å²) in [4.78, 5) is 22.4. The van der Waals surface area contributed by atoms with E-state index in [4.69, 9.17) is 0 Å². The summed E-state index contributed by atoms with van der Waals surface area (Å²) in [5.41, 5.74) is 9.17. The molecule has 4 aromatic carbocycles. The summed E-state index contributed by atoms with van der Waals surface area (Å²) in [5.74, 6) is -0.205. The molecule has 0 unspecified atom stereocenters. The van der Waals surface area contributed by atoms with E-state index in [0.29, 0.717) is 11.4 Å². The standard InChI is InChI=1S/C35H24N2O/c38-35(33-23-27(19-21-36-33)31-17-9-7-15-29(31)25-11-3-1-4-12-25)34-24-28(20-22-37-34)32-18-10-8-16-30(32)26-13-5-2-6-14-26/h1-24H. The summed E-state index contributed by atoms with van der Waals surface area (Å²) in [6.45, 7) is 0. The molecule has 0 aliphatic rings. The number of hydrogen-bond donors (Lipinski definition) is 0. The maximum Gasteiger partial charge on any atom is 0.229 e. The zero-order chi connectivity index (χ0) is 25.7. The zero-order valence-electron chi connectivity index (χ0n) is 20.7. The SMILES string of the molecule is O=C(c1cc(-c2ccccc2-c2ccccc2)ccn1)c1cc(-c2ccccc2-c2ccccc2)ccn1. The van der Waals surface area contributed by atoms with Crippen molar-refractivity contribution >= 4 is 5.78 Å². The summed E-state index contributed by atoms with van der Waals surface area (Å²) in [6, 6.07) is 44.5. The molecule has 0 amide bonds. The molecule has 38 heavy (non-hydrogen) atoms. The van der Waals surface area contributed by atoms with Crippen LogP contribution in [-0.2, 0) is 0 Å². The van der Waals surface area contributed by atoms with Crippen LogP contribution in [0, 0.1) is 0 Å². The van der Waals surface area contributed by atoms with Gasteiger partial charge in [-0.2, -0.15) is 0 Å². The van der Waals surface area contributed by atoms with Gasteiger partial charge in [-0.1, -0.05) is 109 Å². The molecule has 2 aromatic heterocycles. The number of rotatable bonds is 6. The van der Waals surface area contributed by atoms with Gasteiger partial charge >= 0.3 is 0 Å². The lowest BCUT2D eigenvalue weighted by atomic mass is 9.93. The topological polar surface area (TPSA) is 42.9 Å². The van der Waals surface area contributed by atoms with Crippen molar-refractivity contribution in [3.63, 3.8) is 0 Å². The zero-order valence-corrected chi connectivity index (χ0v) is 20.7. The van der Waals surface area contributed by atoms with E-state index in [1.807, 2.05) is 84.9 Å². The third-order valence-corrected chi connectivity index (χ3v) is 6.63. The summed E-state index contributed by atoms with van der Waals surface area (Å²) in [5, 5.41) is 0. The van der Waals surface area contributed by atoms with Crippen LogP contribution in [0.5, 0.6) is 0 Å². The van der Waals surface area contributed by atoms with Crippen LogP contribution in [0.15, 0.2) is 146 Å². The molecular weight excluding hydrogens is 464 g/mol. The molecule has 0 aliphatic carbocycles. The van der Waals surface area contributed by atoms with Crippen LogP contribution in [-0.4, -0.2) is 15.8 Å². The fourth-order valence-electron chi connectivity index (χ4n) is 4.78. The summed E-state index contributed by atoms with van der Waals surface area (Å²) < 4.78 is 0. The lowest BCUT2D eigenvalue weighted by molar-refractivity contribution is 0.103. The molecule has 0 aliphatic heterocycles. The Bertz CT molecular complexity index is 1600. The Labute approximate surface area is 222 Å². The number of benzene rings is 4. The summed E-state index contributed by atoms with van der Waals surface area (Å²) >= 11 is 0. The minimum Gasteiger partial charge on any atom is -0.285 e. The maximum absolute atomic E-state index is 13.6. The summed E-state index contributed by atoms with van der Waals surface area (Å²) in [7, 11) is 0. The van der Waals surface area contributed by atoms with E-state index < -0.39 is 0 Å². The van der Waals surface area contributed by atoms with E-state index in [9.17, 15) is 4.79 Å². The van der Waals surface area contributed by atoms with E-state index >= 15 is 0 Å². The van der Waals surface area contributed by atoms with Crippen LogP contribution in [0.25, 0.3) is 44.5 Å². The second-order valence-corrected chi connectivity index (χ2v) is 9.01. The fraction of sp³-hybridized carbons (Fsp3) is 0. The Balaban J connectivity index is 1.37. The molecule has 0 bridgehead atoms. The van der Waals surface area contributed by atoms with Crippen LogP contribution < -0.4 is 0 Å². The number of pyridine rings is 2. The van der Waals surface area contributed by atoms with Crippen molar-refractivity contribution in [3.8, 4) is 44.5 Å². The van der Waals surface area contributed by atoms with Gasteiger partial charge < -0.3 is 0 Å². The first-order chi connectivity index (χ1) is 18.8. The van der Waals surface area contributed by atoms with Crippen LogP contribution in [0.1, 0.15) is 16.2 Å². The normalized spacial score (nSPS) is 10.7. The minimum absolute atomic E-state index is 0.205. The Kier molecular flexibility index (Phi) is 6.40. The van der Waals surface area contributed by atoms with Gasteiger partial charge in [0.1, 0.15) is 11.4 Å². The van der Waals surface area contributed by atoms with Crippen LogP contribution in [0.2, 0.25) is 0 Å². The highest BCUT2D eigenvalue weighted by molar-refractivity contribution is 6.07. The molecule has 2 heterocycles. The number of carbonyl (C=O) groups excluding carboxylic acids is 1. The molecular formula is C35H24N2O. The van der Waals surface area contributed by atoms with Gasteiger partial charge in [-0.15, -0.1) is 0 Å². The smallest absolute Gasteiger partial charge is 0.229 e. The maximum atomic E-state index is 13.6. The molecule has 6 aromatic rings. The number of aromatic nitrogens is 2. The monoisotopic (exact) mass is 488 g/mol. The predicted octanol–water partition coefficient (Wildman–Crippen LogP) is 8.38. The molecule has 0 spiro atoms. The molecule has 0 saturated carbocycles. The highest BCUT2D eigenvalue weighted by atomic mass is 16.1. The van der Waals surface area contributed by atoms with E-state index in [-0.39, 0.29) is 5.78 Å². The fourth-order valence-corrected chi connectivity index (χ4v) is 4.78. The van der Waals surface area contributed by atoms with Crippen molar-refractivity contribution in [2.75, 3.05) is 0 Å². The first-order valence-electron chi connectivity index (χ1n) is 12.5. The highest BCUT2D eigenvalue weighted by Crippen LogP contribution is 2.34. The van der Waals surface area contributed by atoms with Crippen molar-refractivity contribution in [2.45, 2.75) is 0 Å². The van der Waals surface area contributed by atoms with Crippen molar-refractivity contribution in [2.24, 2.45) is 0 Å². The van der Waals surface area contributed by atoms with Gasteiger partial charge in [-0.25, -0.2) is 0 Å². The average Bonchev–Trinajstić information content (AvgIpc) is 3.02. The van der Waals surface area contributed by atoms with Gasteiger partial charge in [-0.3, -0.25) is 14.8 Å². The van der Waals surface area contributed by atoms with Gasteiger partial charge in [0.15, 0.2) is 0 Å². The first kappa shape index (κ1) is 23.3. The van der Waals surface area contributed by atoms with Gasteiger partial charge in [-0.05, 0) is 68.8 Å². The number of carbonyl (C=O) groups is 1. The minimum atomic E-state index is -0.205. The van der Waals surface area contributed by atoms with Crippen molar-refractivity contribution in [1.29, 1.82) is 0 Å². The number of ketones is 1. The van der Waals surface area contributed by atoms with Crippen LogP contribution in [0.4, 0.5) is 0 Å². The van der Waals surface area contributed by atoms with E-state index in [0.717, 1.165) is 44.5 Å². The summed E-state index contributed by atoms with van der Waals surface area (Å²) in [6.07, 6.45) is 3.39. The Morgan fingerprint density at radius 1 is 0.395 bits per heavy atom. The molecule has 0 fully saturated rings. The predicted molar refractivity (Wildman–Crippen MR) is 154 cm³/mol. The van der Waals surface area contributed by atoms with Crippen LogP contribution >= 0.6 is 0 Å². The van der Waals surface area contributed by atoms with E-state index in [2.05, 4.69) is 58.5 Å². The van der Waals surface area contributed by atoms with E-state index in [1.54, 1.807) is 12.4 Å². The lowest BCUT2D eigenvalue weighted by Gasteiger charge is -2.12. The van der Waals surface area contributed by atoms with Crippen molar-refractivity contribution < 1.29 is 4.79 Å². The van der Waals surface area contributed by atoms with Crippen molar-refractivity contribution in [3.05, 3.63) is 157 Å². The average molecular weight is 489 g/mol. The van der Waals surface area contributed by atoms with Gasteiger partial charge in [0.05, 0.1) is 0 Å². The van der Waals surface area contributed by atoms with Gasteiger partial charge in [0, 0.05) is 12.4 Å². The molecule has 6 rings (SSSR count). The van der Waals surface area contributed by atoms with Gasteiger partial charge in [0.25, 0.3) is 0 Å². The Morgan fingerprint density at radius 3 is 1.13 bits per heavy atom. The second kappa shape index (κ2) is 10.5. The first-order valence-corrected chi connectivity index (χ1v) is 12.5. The molecule has 0 radical (unpaired) electrons. The van der Waals surface area contributed by atoms with Crippen molar-refractivity contribution in [1.82, 2.24) is 9.97 Å². The largest absolute Gasteiger partial charge is 0.285 e. The molecule has 0 saturated heterocycles. The van der Waals surface area contributed by atoms with Gasteiger partial charge in [0.2, 0.25) is 5.78 Å². The quantitative estimate of drug-likeness (QED) is 0.221. The third-order valence-electron chi connectivity index (χ3n) is 6.63. The second-order valence-electron chi connectivity index (χ2n) is 9.01. The molecule has 180 valence electrons. The lowest BCUT2D eigenvalue weighted by Crippen LogP contribution is -2.06. The Hall–Kier alpha value is -5.15. The Morgan fingerprint density at radius 2 is 0.737 bits per heavy atom. The highest BCUT2D eigenvalue weighted by Gasteiger charge is 2.16. The van der Waals surface area contributed by atoms with Crippen LogP contribution in [0.3, 0.4) is 0 Å². The number of nitrogens with zero attached hydrogens (tertiary/aromatic N) is 2. The number of hydrogen-bond acceptors (Lipinski definition) is 3. The van der Waals surface area contributed by atoms with E-state index in [1.165, 1.54) is 0 Å².